The normalized spacial score (nSPS) is 13.6. The zero-order chi connectivity index (χ0) is 27.6. The third-order valence-corrected chi connectivity index (χ3v) is 7.39. The number of hydrogen-bond acceptors (Lipinski definition) is 7. The highest BCUT2D eigenvalue weighted by Gasteiger charge is 2.26. The highest BCUT2D eigenvalue weighted by Crippen LogP contribution is 2.32. The maximum Gasteiger partial charge on any atom is 0.330 e. The van der Waals surface area contributed by atoms with Crippen LogP contribution in [-0.4, -0.2) is 41.8 Å². The van der Waals surface area contributed by atoms with Gasteiger partial charge in [0.05, 0.1) is 34.3 Å². The molecule has 9 nitrogen and oxygen atoms in total. The summed E-state index contributed by atoms with van der Waals surface area (Å²) in [4.78, 5) is 34.1. The van der Waals surface area contributed by atoms with Crippen molar-refractivity contribution in [1.29, 1.82) is 0 Å². The molecule has 11 heteroatoms. The van der Waals surface area contributed by atoms with E-state index in [1.807, 2.05) is 42.5 Å². The van der Waals surface area contributed by atoms with E-state index in [1.165, 1.54) is 0 Å². The second kappa shape index (κ2) is 11.2. The second-order valence-corrected chi connectivity index (χ2v) is 10.1. The maximum atomic E-state index is 13.7. The Morgan fingerprint density at radius 3 is 2.55 bits per heavy atom. The maximum absolute atomic E-state index is 13.7. The standard InChI is InChI=1S/C29H24Cl2N4O5/c30-20-10-9-19(15-21(20)31)16-32-28(36)25-26(39-17-18-5-2-1-3-6-18)29(37)35-27(33-25)24-22(7-4-8-23(24)40-35)34-11-13-38-14-12-34/h1-10,15H,11-14,16-17H2,(H,32,36). The number of anilines is 1. The van der Waals surface area contributed by atoms with Gasteiger partial charge in [0.2, 0.25) is 5.75 Å². The first-order valence-electron chi connectivity index (χ1n) is 12.7. The molecule has 0 unspecified atom stereocenters. The van der Waals surface area contributed by atoms with E-state index < -0.39 is 11.5 Å². The van der Waals surface area contributed by atoms with Crippen molar-refractivity contribution < 1.29 is 18.8 Å². The van der Waals surface area contributed by atoms with Gasteiger partial charge in [-0.05, 0) is 35.4 Å². The molecule has 0 atom stereocenters. The topological polar surface area (TPSA) is 98.3 Å². The molecule has 40 heavy (non-hydrogen) atoms. The molecule has 2 aromatic heterocycles. The van der Waals surface area contributed by atoms with Crippen LogP contribution in [0.4, 0.5) is 5.69 Å². The number of fused-ring (bicyclic) bond motifs is 3. The monoisotopic (exact) mass is 578 g/mol. The average molecular weight is 579 g/mol. The van der Waals surface area contributed by atoms with E-state index in [9.17, 15) is 9.59 Å². The van der Waals surface area contributed by atoms with Gasteiger partial charge in [0.25, 0.3) is 5.91 Å². The molecular formula is C29H24Cl2N4O5. The van der Waals surface area contributed by atoms with E-state index >= 15 is 0 Å². The Morgan fingerprint density at radius 1 is 0.975 bits per heavy atom. The van der Waals surface area contributed by atoms with Crippen LogP contribution in [0, 0.1) is 0 Å². The zero-order valence-corrected chi connectivity index (χ0v) is 22.7. The van der Waals surface area contributed by atoms with Gasteiger partial charge in [0.15, 0.2) is 16.9 Å². The Morgan fingerprint density at radius 2 is 1.77 bits per heavy atom. The Bertz CT molecular complexity index is 1760. The minimum absolute atomic E-state index is 0.0656. The lowest BCUT2D eigenvalue weighted by molar-refractivity contribution is 0.0940. The number of aromatic nitrogens is 2. The number of hydrogen-bond donors (Lipinski definition) is 1. The summed E-state index contributed by atoms with van der Waals surface area (Å²) in [7, 11) is 0. The van der Waals surface area contributed by atoms with Gasteiger partial charge in [0, 0.05) is 19.6 Å². The quantitative estimate of drug-likeness (QED) is 0.287. The Hall–Kier alpha value is -4.05. The lowest BCUT2D eigenvalue weighted by Crippen LogP contribution is -2.36. The number of carbonyl (C=O) groups is 1. The molecule has 5 aromatic rings. The van der Waals surface area contributed by atoms with E-state index in [4.69, 9.17) is 37.2 Å². The van der Waals surface area contributed by atoms with Gasteiger partial charge in [-0.25, -0.2) is 4.98 Å². The van der Waals surface area contributed by atoms with Crippen LogP contribution in [0.25, 0.3) is 16.6 Å². The molecular weight excluding hydrogens is 555 g/mol. The van der Waals surface area contributed by atoms with Gasteiger partial charge in [-0.3, -0.25) is 9.59 Å². The third kappa shape index (κ3) is 5.11. The highest BCUT2D eigenvalue weighted by atomic mass is 35.5. The first kappa shape index (κ1) is 26.2. The van der Waals surface area contributed by atoms with Crippen molar-refractivity contribution in [3.63, 3.8) is 0 Å². The number of ether oxygens (including phenoxy) is 2. The number of carbonyl (C=O) groups excluding carboxylic acids is 1. The van der Waals surface area contributed by atoms with Gasteiger partial charge in [-0.2, -0.15) is 0 Å². The summed E-state index contributed by atoms with van der Waals surface area (Å²) in [5.41, 5.74) is 2.35. The number of nitrogens with zero attached hydrogens (tertiary/aromatic N) is 3. The largest absolute Gasteiger partial charge is 0.481 e. The molecule has 1 aliphatic rings. The molecule has 0 radical (unpaired) electrons. The summed E-state index contributed by atoms with van der Waals surface area (Å²) < 4.78 is 18.5. The zero-order valence-electron chi connectivity index (χ0n) is 21.2. The van der Waals surface area contributed by atoms with Crippen molar-refractivity contribution >= 4 is 51.4 Å². The minimum Gasteiger partial charge on any atom is -0.481 e. The van der Waals surface area contributed by atoms with Crippen molar-refractivity contribution in [1.82, 2.24) is 14.9 Å². The fraction of sp³-hybridized carbons (Fsp3) is 0.207. The number of amides is 1. The Kier molecular flexibility index (Phi) is 7.34. The van der Waals surface area contributed by atoms with E-state index in [0.717, 1.165) is 21.4 Å². The SMILES string of the molecule is O=C(NCc1ccc(Cl)c(Cl)c1)c1nc2c3c(N4CCOCC4)cccc3on2c(=O)c1OCc1ccccc1. The molecule has 3 aromatic carbocycles. The van der Waals surface area contributed by atoms with Crippen LogP contribution in [0.5, 0.6) is 5.75 Å². The summed E-state index contributed by atoms with van der Waals surface area (Å²) >= 11 is 12.2. The number of morpholine rings is 1. The smallest absolute Gasteiger partial charge is 0.330 e. The van der Waals surface area contributed by atoms with Crippen molar-refractivity contribution in [2.75, 3.05) is 31.2 Å². The lowest BCUT2D eigenvalue weighted by atomic mass is 10.2. The molecule has 204 valence electrons. The Balaban J connectivity index is 1.44. The van der Waals surface area contributed by atoms with Crippen molar-refractivity contribution in [3.8, 4) is 5.75 Å². The van der Waals surface area contributed by atoms with Gasteiger partial charge < -0.3 is 24.2 Å². The fourth-order valence-corrected chi connectivity index (χ4v) is 4.97. The summed E-state index contributed by atoms with van der Waals surface area (Å²) in [5.74, 6) is -0.785. The molecule has 1 N–H and O–H groups in total. The summed E-state index contributed by atoms with van der Waals surface area (Å²) in [6, 6.07) is 20.0. The van der Waals surface area contributed by atoms with Crippen LogP contribution in [-0.2, 0) is 17.9 Å². The number of benzene rings is 3. The van der Waals surface area contributed by atoms with Gasteiger partial charge in [-0.15, -0.1) is 4.57 Å². The number of halogens is 2. The van der Waals surface area contributed by atoms with Gasteiger partial charge in [-0.1, -0.05) is 65.7 Å². The molecule has 1 fully saturated rings. The summed E-state index contributed by atoms with van der Waals surface area (Å²) in [6.45, 7) is 2.72. The molecule has 1 aliphatic heterocycles. The van der Waals surface area contributed by atoms with Crippen molar-refractivity contribution in [3.05, 3.63) is 104 Å². The fourth-order valence-electron chi connectivity index (χ4n) is 4.65. The van der Waals surface area contributed by atoms with E-state index in [2.05, 4.69) is 15.2 Å². The van der Waals surface area contributed by atoms with Crippen LogP contribution in [0.1, 0.15) is 21.6 Å². The highest BCUT2D eigenvalue weighted by molar-refractivity contribution is 6.42. The lowest BCUT2D eigenvalue weighted by Gasteiger charge is -2.29. The molecule has 0 saturated carbocycles. The van der Waals surface area contributed by atoms with Crippen molar-refractivity contribution in [2.24, 2.45) is 0 Å². The third-order valence-electron chi connectivity index (χ3n) is 6.65. The molecule has 6 rings (SSSR count). The molecule has 0 aliphatic carbocycles. The summed E-state index contributed by atoms with van der Waals surface area (Å²) in [6.07, 6.45) is 0. The number of rotatable bonds is 7. The van der Waals surface area contributed by atoms with Gasteiger partial charge >= 0.3 is 5.56 Å². The van der Waals surface area contributed by atoms with Gasteiger partial charge in [0.1, 0.15) is 6.61 Å². The minimum atomic E-state index is -0.621. The Labute approximate surface area is 238 Å². The van der Waals surface area contributed by atoms with Crippen LogP contribution in [0.2, 0.25) is 10.0 Å². The van der Waals surface area contributed by atoms with E-state index in [0.29, 0.717) is 47.3 Å². The molecule has 0 spiro atoms. The number of nitrogens with one attached hydrogen (secondary N) is 1. The first-order valence-corrected chi connectivity index (χ1v) is 13.5. The molecule has 0 bridgehead atoms. The first-order chi connectivity index (χ1) is 19.5. The molecule has 1 amide bonds. The van der Waals surface area contributed by atoms with E-state index in [1.54, 1.807) is 24.3 Å². The van der Waals surface area contributed by atoms with Crippen LogP contribution in [0.3, 0.4) is 0 Å². The predicted molar refractivity (Wildman–Crippen MR) is 153 cm³/mol. The molecule has 1 saturated heterocycles. The predicted octanol–water partition coefficient (Wildman–Crippen LogP) is 5.09. The van der Waals surface area contributed by atoms with Crippen molar-refractivity contribution in [2.45, 2.75) is 13.2 Å². The molecule has 3 heterocycles. The van der Waals surface area contributed by atoms with Crippen LogP contribution < -0.4 is 20.5 Å². The second-order valence-electron chi connectivity index (χ2n) is 9.26. The van der Waals surface area contributed by atoms with E-state index in [-0.39, 0.29) is 30.2 Å². The average Bonchev–Trinajstić information content (AvgIpc) is 3.37. The van der Waals surface area contributed by atoms with Crippen LogP contribution >= 0.6 is 23.2 Å². The summed E-state index contributed by atoms with van der Waals surface area (Å²) in [5, 5.41) is 4.24. The van der Waals surface area contributed by atoms with Crippen LogP contribution in [0.15, 0.2) is 76.0 Å².